The molecule has 0 aliphatic heterocycles. The predicted octanol–water partition coefficient (Wildman–Crippen LogP) is 1.88. The molecule has 1 atom stereocenters. The van der Waals surface area contributed by atoms with Crippen molar-refractivity contribution in [3.8, 4) is 0 Å². The molecule has 2 N–H and O–H groups in total. The summed E-state index contributed by atoms with van der Waals surface area (Å²) in [4.78, 5) is 14.0. The number of aliphatic hydroxyl groups is 1. The Balaban J connectivity index is 2.78. The van der Waals surface area contributed by atoms with Crippen LogP contribution in [-0.4, -0.2) is 36.9 Å². The number of amides is 1. The molecule has 0 saturated carbocycles. The van der Waals surface area contributed by atoms with Crippen molar-refractivity contribution in [2.24, 2.45) is 0 Å². The summed E-state index contributed by atoms with van der Waals surface area (Å²) < 4.78 is 5.10. The molecule has 1 aromatic heterocycles. The Morgan fingerprint density at radius 1 is 1.56 bits per heavy atom. The van der Waals surface area contributed by atoms with Gasteiger partial charge in [-0.3, -0.25) is 4.79 Å². The molecule has 102 valence electrons. The van der Waals surface area contributed by atoms with Gasteiger partial charge in [0.15, 0.2) is 0 Å². The first-order chi connectivity index (χ1) is 8.41. The van der Waals surface area contributed by atoms with Crippen LogP contribution in [-0.2, 0) is 4.74 Å². The first kappa shape index (κ1) is 15.1. The number of aryl methyl sites for hydroxylation is 2. The fraction of sp³-hybridized carbons (Fsp3) is 0.615. The standard InChI is InChI=1S/C13H21NO3S/c1-9-7-11(18-10(9)2)12(16)14-13(3,5-6-15)8-17-4/h7,15H,5-6,8H2,1-4H3,(H,14,16). The van der Waals surface area contributed by atoms with Gasteiger partial charge in [0.2, 0.25) is 0 Å². The van der Waals surface area contributed by atoms with E-state index in [0.717, 1.165) is 10.4 Å². The van der Waals surface area contributed by atoms with E-state index in [4.69, 9.17) is 9.84 Å². The van der Waals surface area contributed by atoms with Gasteiger partial charge in [0, 0.05) is 18.6 Å². The highest BCUT2D eigenvalue weighted by Crippen LogP contribution is 2.21. The first-order valence-corrected chi connectivity index (χ1v) is 6.73. The third-order valence-electron chi connectivity index (χ3n) is 2.93. The molecule has 4 nitrogen and oxygen atoms in total. The Bertz CT molecular complexity index is 389. The Hall–Kier alpha value is -0.910. The summed E-state index contributed by atoms with van der Waals surface area (Å²) in [5.41, 5.74) is 0.590. The van der Waals surface area contributed by atoms with Crippen molar-refractivity contribution in [1.82, 2.24) is 5.32 Å². The van der Waals surface area contributed by atoms with Gasteiger partial charge in [0.1, 0.15) is 0 Å². The minimum Gasteiger partial charge on any atom is -0.396 e. The molecule has 0 aliphatic rings. The van der Waals surface area contributed by atoms with Crippen LogP contribution in [0, 0.1) is 13.8 Å². The summed E-state index contributed by atoms with van der Waals surface area (Å²) in [6, 6.07) is 1.89. The smallest absolute Gasteiger partial charge is 0.261 e. The van der Waals surface area contributed by atoms with Gasteiger partial charge in [-0.1, -0.05) is 0 Å². The molecule has 0 fully saturated rings. The minimum absolute atomic E-state index is 0.0165. The van der Waals surface area contributed by atoms with E-state index in [1.807, 2.05) is 26.8 Å². The van der Waals surface area contributed by atoms with Crippen molar-refractivity contribution in [2.45, 2.75) is 32.7 Å². The van der Waals surface area contributed by atoms with Crippen LogP contribution in [0.15, 0.2) is 6.07 Å². The van der Waals surface area contributed by atoms with Crippen LogP contribution in [0.1, 0.15) is 33.5 Å². The second-order valence-electron chi connectivity index (χ2n) is 4.77. The van der Waals surface area contributed by atoms with Crippen LogP contribution in [0.4, 0.5) is 0 Å². The molecule has 18 heavy (non-hydrogen) atoms. The third-order valence-corrected chi connectivity index (χ3v) is 4.08. The van der Waals surface area contributed by atoms with Crippen LogP contribution in [0.2, 0.25) is 0 Å². The van der Waals surface area contributed by atoms with Gasteiger partial charge in [-0.25, -0.2) is 0 Å². The van der Waals surface area contributed by atoms with Gasteiger partial charge in [-0.2, -0.15) is 0 Å². The van der Waals surface area contributed by atoms with E-state index in [-0.39, 0.29) is 12.5 Å². The maximum atomic E-state index is 12.1. The highest BCUT2D eigenvalue weighted by molar-refractivity contribution is 7.14. The Kier molecular flexibility index (Phi) is 5.31. The van der Waals surface area contributed by atoms with Gasteiger partial charge in [-0.15, -0.1) is 11.3 Å². The normalized spacial score (nSPS) is 14.3. The zero-order valence-electron chi connectivity index (χ0n) is 11.4. The van der Waals surface area contributed by atoms with E-state index >= 15 is 0 Å². The number of ether oxygens (including phenoxy) is 1. The maximum absolute atomic E-state index is 12.1. The zero-order chi connectivity index (χ0) is 13.8. The summed E-state index contributed by atoms with van der Waals surface area (Å²) in [7, 11) is 1.58. The van der Waals surface area contributed by atoms with Crippen molar-refractivity contribution in [3.63, 3.8) is 0 Å². The molecule has 1 heterocycles. The second kappa shape index (κ2) is 6.31. The number of hydrogen-bond acceptors (Lipinski definition) is 4. The lowest BCUT2D eigenvalue weighted by Gasteiger charge is -2.29. The number of thiophene rings is 1. The summed E-state index contributed by atoms with van der Waals surface area (Å²) >= 11 is 1.48. The molecule has 0 bridgehead atoms. The quantitative estimate of drug-likeness (QED) is 0.830. The molecular formula is C13H21NO3S. The Morgan fingerprint density at radius 3 is 2.67 bits per heavy atom. The van der Waals surface area contributed by atoms with Crippen molar-refractivity contribution in [3.05, 3.63) is 21.4 Å². The fourth-order valence-corrected chi connectivity index (χ4v) is 2.69. The van der Waals surface area contributed by atoms with Gasteiger partial charge in [0.05, 0.1) is 17.0 Å². The van der Waals surface area contributed by atoms with Crippen LogP contribution in [0.5, 0.6) is 0 Å². The Morgan fingerprint density at radius 2 is 2.22 bits per heavy atom. The molecule has 0 aliphatic carbocycles. The van der Waals surface area contributed by atoms with E-state index in [9.17, 15) is 4.79 Å². The summed E-state index contributed by atoms with van der Waals surface area (Å²) in [6.07, 6.45) is 0.468. The molecule has 0 saturated heterocycles. The molecule has 0 aromatic carbocycles. The first-order valence-electron chi connectivity index (χ1n) is 5.91. The number of carbonyl (C=O) groups excluding carboxylic acids is 1. The van der Waals surface area contributed by atoms with E-state index in [1.165, 1.54) is 11.3 Å². The van der Waals surface area contributed by atoms with Crippen molar-refractivity contribution in [1.29, 1.82) is 0 Å². The number of aliphatic hydroxyl groups excluding tert-OH is 1. The highest BCUT2D eigenvalue weighted by Gasteiger charge is 2.27. The number of rotatable bonds is 6. The molecular weight excluding hydrogens is 250 g/mol. The maximum Gasteiger partial charge on any atom is 0.261 e. The fourth-order valence-electron chi connectivity index (χ4n) is 1.76. The lowest BCUT2D eigenvalue weighted by Crippen LogP contribution is -2.49. The molecule has 5 heteroatoms. The molecule has 1 unspecified atom stereocenters. The van der Waals surface area contributed by atoms with Crippen molar-refractivity contribution < 1.29 is 14.6 Å². The monoisotopic (exact) mass is 271 g/mol. The number of hydrogen-bond donors (Lipinski definition) is 2. The molecule has 1 amide bonds. The average molecular weight is 271 g/mol. The molecule has 1 aromatic rings. The predicted molar refractivity (Wildman–Crippen MR) is 73.2 cm³/mol. The van der Waals surface area contributed by atoms with E-state index < -0.39 is 5.54 Å². The number of nitrogens with one attached hydrogen (secondary N) is 1. The van der Waals surface area contributed by atoms with E-state index in [2.05, 4.69) is 5.32 Å². The summed E-state index contributed by atoms with van der Waals surface area (Å²) in [5.74, 6) is -0.107. The third kappa shape index (κ3) is 3.80. The van der Waals surface area contributed by atoms with Crippen LogP contribution in [0.3, 0.4) is 0 Å². The van der Waals surface area contributed by atoms with Crippen LogP contribution < -0.4 is 5.32 Å². The lowest BCUT2D eigenvalue weighted by molar-refractivity contribution is 0.0729. The average Bonchev–Trinajstić information content (AvgIpc) is 2.59. The zero-order valence-corrected chi connectivity index (χ0v) is 12.2. The van der Waals surface area contributed by atoms with E-state index in [1.54, 1.807) is 7.11 Å². The minimum atomic E-state index is -0.535. The molecule has 1 rings (SSSR count). The summed E-state index contributed by atoms with van der Waals surface area (Å²) in [5, 5.41) is 12.0. The topological polar surface area (TPSA) is 58.6 Å². The van der Waals surface area contributed by atoms with Crippen LogP contribution in [0.25, 0.3) is 0 Å². The molecule has 0 spiro atoms. The number of methoxy groups -OCH3 is 1. The van der Waals surface area contributed by atoms with Gasteiger partial charge in [0.25, 0.3) is 5.91 Å². The number of carbonyl (C=O) groups is 1. The SMILES string of the molecule is COCC(C)(CCO)NC(=O)c1cc(C)c(C)s1. The van der Waals surface area contributed by atoms with Crippen LogP contribution >= 0.6 is 11.3 Å². The second-order valence-corrected chi connectivity index (χ2v) is 6.03. The summed E-state index contributed by atoms with van der Waals surface area (Å²) in [6.45, 7) is 6.26. The van der Waals surface area contributed by atoms with Crippen molar-refractivity contribution in [2.75, 3.05) is 20.3 Å². The van der Waals surface area contributed by atoms with Crippen molar-refractivity contribution >= 4 is 17.2 Å². The highest BCUT2D eigenvalue weighted by atomic mass is 32.1. The molecule has 0 radical (unpaired) electrons. The van der Waals surface area contributed by atoms with Gasteiger partial charge < -0.3 is 15.2 Å². The Labute approximate surface area is 112 Å². The van der Waals surface area contributed by atoms with Gasteiger partial charge >= 0.3 is 0 Å². The largest absolute Gasteiger partial charge is 0.396 e. The van der Waals surface area contributed by atoms with Gasteiger partial charge in [-0.05, 0) is 38.8 Å². The van der Waals surface area contributed by atoms with E-state index in [0.29, 0.717) is 17.9 Å². The lowest BCUT2D eigenvalue weighted by atomic mass is 9.99.